The zero-order valence-electron chi connectivity index (χ0n) is 24.5. The van der Waals surface area contributed by atoms with Crippen LogP contribution in [0, 0.1) is 0 Å². The van der Waals surface area contributed by atoms with Crippen LogP contribution in [0.5, 0.6) is 0 Å². The van der Waals surface area contributed by atoms with Crippen molar-refractivity contribution in [1.29, 1.82) is 0 Å². The molecule has 5 nitrogen and oxygen atoms in total. The lowest BCUT2D eigenvalue weighted by molar-refractivity contribution is -0.870. The number of likely N-dealkylation sites (N-methyl/N-ethyl adjacent to an activating group) is 1. The Morgan fingerprint density at radius 1 is 0.750 bits per heavy atom. The first-order valence-electron chi connectivity index (χ1n) is 14.8. The van der Waals surface area contributed by atoms with Gasteiger partial charge in [-0.15, -0.1) is 0 Å². The van der Waals surface area contributed by atoms with Crippen LogP contribution in [0.3, 0.4) is 0 Å². The van der Waals surface area contributed by atoms with Crippen molar-refractivity contribution >= 4 is 31.3 Å². The number of phosphoric acid groups is 1. The average molecular weight is 571 g/mol. The third-order valence-electron chi connectivity index (χ3n) is 6.29. The number of phosphoric ester groups is 1. The van der Waals surface area contributed by atoms with Crippen molar-refractivity contribution in [1.82, 2.24) is 0 Å². The predicted molar refractivity (Wildman–Crippen MR) is 163 cm³/mol. The Balaban J connectivity index is 3.59. The molecule has 2 atom stereocenters. The fourth-order valence-corrected chi connectivity index (χ4v) is 7.09. The maximum atomic E-state index is 12.1. The Hall–Kier alpha value is 0.770. The molecule has 0 heterocycles. The van der Waals surface area contributed by atoms with Gasteiger partial charge in [0.2, 0.25) is 0 Å². The molecule has 1 N–H and O–H groups in total. The summed E-state index contributed by atoms with van der Waals surface area (Å²) in [6.07, 6.45) is 22.4. The first kappa shape index (κ1) is 36.8. The minimum absolute atomic E-state index is 0.219. The number of unbranched alkanes of at least 4 members (excludes halogenated alkanes) is 15. The highest BCUT2D eigenvalue weighted by Gasteiger charge is 2.24. The van der Waals surface area contributed by atoms with Gasteiger partial charge in [0.15, 0.2) is 0 Å². The Morgan fingerprint density at radius 3 is 1.67 bits per heavy atom. The van der Waals surface area contributed by atoms with E-state index in [0.29, 0.717) is 11.0 Å². The van der Waals surface area contributed by atoms with Crippen LogP contribution in [-0.2, 0) is 13.6 Å². The van der Waals surface area contributed by atoms with E-state index in [-0.39, 0.29) is 18.5 Å². The summed E-state index contributed by atoms with van der Waals surface area (Å²) < 4.78 is 23.3. The number of thioether (sulfide) groups is 2. The Kier molecular flexibility index (Phi) is 25.3. The Morgan fingerprint density at radius 2 is 1.22 bits per heavy atom. The molecule has 0 radical (unpaired) electrons. The molecular weight excluding hydrogens is 509 g/mol. The second kappa shape index (κ2) is 24.8. The van der Waals surface area contributed by atoms with Crippen molar-refractivity contribution in [2.75, 3.05) is 58.2 Å². The number of hydrogen-bond donors (Lipinski definition) is 1. The second-order valence-electron chi connectivity index (χ2n) is 11.1. The third kappa shape index (κ3) is 27.8. The highest BCUT2D eigenvalue weighted by Crippen LogP contribution is 2.43. The third-order valence-corrected chi connectivity index (χ3v) is 9.81. The number of quaternary nitrogens is 1. The second-order valence-corrected chi connectivity index (χ2v) is 15.2. The van der Waals surface area contributed by atoms with E-state index in [1.54, 1.807) is 11.8 Å². The van der Waals surface area contributed by atoms with Crippen molar-refractivity contribution in [3.63, 3.8) is 0 Å². The standard InChI is InChI=1S/C28H60NO4PS2/c1-6-8-9-10-11-12-13-14-15-16-17-18-19-20-21-22-25-35-27-28(36-7-2)26-33-34(30,31)32-24-23-29(3,4)5/h28H,6-27H2,1-5H3/p+1. The molecule has 8 heteroatoms. The predicted octanol–water partition coefficient (Wildman–Crippen LogP) is 8.94. The summed E-state index contributed by atoms with van der Waals surface area (Å²) in [6.45, 7) is 5.55. The maximum Gasteiger partial charge on any atom is 0.472 e. The number of nitrogens with zero attached hydrogens (tertiary/aromatic N) is 1. The molecule has 0 aromatic carbocycles. The maximum absolute atomic E-state index is 12.1. The summed E-state index contributed by atoms with van der Waals surface area (Å²) >= 11 is 3.74. The highest BCUT2D eigenvalue weighted by atomic mass is 32.2. The van der Waals surface area contributed by atoms with Crippen molar-refractivity contribution in [3.8, 4) is 0 Å². The lowest BCUT2D eigenvalue weighted by Crippen LogP contribution is -2.37. The van der Waals surface area contributed by atoms with Crippen molar-refractivity contribution in [2.45, 2.75) is 122 Å². The first-order chi connectivity index (χ1) is 17.2. The van der Waals surface area contributed by atoms with E-state index < -0.39 is 7.82 Å². The fourth-order valence-electron chi connectivity index (χ4n) is 3.99. The fraction of sp³-hybridized carbons (Fsp3) is 1.00. The van der Waals surface area contributed by atoms with E-state index in [1.807, 2.05) is 32.9 Å². The molecule has 0 saturated carbocycles. The Bertz CT molecular complexity index is 520. The molecule has 0 aliphatic heterocycles. The molecule has 0 aromatic heterocycles. The van der Waals surface area contributed by atoms with Gasteiger partial charge in [-0.3, -0.25) is 9.05 Å². The van der Waals surface area contributed by atoms with Gasteiger partial charge in [-0.05, 0) is 17.9 Å². The number of rotatable bonds is 28. The van der Waals surface area contributed by atoms with Crippen LogP contribution in [0.2, 0.25) is 0 Å². The van der Waals surface area contributed by atoms with E-state index in [9.17, 15) is 9.46 Å². The van der Waals surface area contributed by atoms with Crippen molar-refractivity contribution in [2.24, 2.45) is 0 Å². The van der Waals surface area contributed by atoms with Crippen LogP contribution in [0.15, 0.2) is 0 Å². The molecular formula is C28H61NO4PS2+. The molecule has 0 spiro atoms. The molecule has 0 saturated heterocycles. The van der Waals surface area contributed by atoms with E-state index >= 15 is 0 Å². The Labute approximate surface area is 233 Å². The van der Waals surface area contributed by atoms with E-state index in [2.05, 4.69) is 13.8 Å². The molecule has 2 unspecified atom stereocenters. The minimum Gasteiger partial charge on any atom is -0.329 e. The summed E-state index contributed by atoms with van der Waals surface area (Å²) in [4.78, 5) is 9.94. The van der Waals surface area contributed by atoms with Gasteiger partial charge in [0.25, 0.3) is 0 Å². The highest BCUT2D eigenvalue weighted by molar-refractivity contribution is 8.03. The lowest BCUT2D eigenvalue weighted by Gasteiger charge is -2.24. The van der Waals surface area contributed by atoms with Gasteiger partial charge in [0, 0.05) is 11.0 Å². The largest absolute Gasteiger partial charge is 0.472 e. The van der Waals surface area contributed by atoms with Crippen LogP contribution in [0.25, 0.3) is 0 Å². The lowest BCUT2D eigenvalue weighted by atomic mass is 10.0. The monoisotopic (exact) mass is 570 g/mol. The zero-order chi connectivity index (χ0) is 27.0. The quantitative estimate of drug-likeness (QED) is 0.0576. The summed E-state index contributed by atoms with van der Waals surface area (Å²) in [5.74, 6) is 3.10. The normalized spacial score (nSPS) is 14.7. The van der Waals surface area contributed by atoms with Crippen molar-refractivity contribution in [3.05, 3.63) is 0 Å². The van der Waals surface area contributed by atoms with Gasteiger partial charge in [-0.2, -0.15) is 23.5 Å². The first-order valence-corrected chi connectivity index (χ1v) is 18.5. The summed E-state index contributed by atoms with van der Waals surface area (Å²) in [5, 5.41) is 0.225. The molecule has 0 aromatic rings. The van der Waals surface area contributed by atoms with Crippen LogP contribution < -0.4 is 0 Å². The average Bonchev–Trinajstić information content (AvgIpc) is 2.80. The van der Waals surface area contributed by atoms with Gasteiger partial charge in [-0.1, -0.05) is 110 Å². The number of hydrogen-bond acceptors (Lipinski definition) is 5. The SMILES string of the molecule is CCCCCCCCCCCCCCCCCCSCC(COP(=O)(O)OCC[N+](C)(C)C)SCC. The topological polar surface area (TPSA) is 55.8 Å². The van der Waals surface area contributed by atoms with Gasteiger partial charge < -0.3 is 9.38 Å². The molecule has 0 aliphatic rings. The molecule has 36 heavy (non-hydrogen) atoms. The summed E-state index contributed by atoms with van der Waals surface area (Å²) in [6, 6.07) is 0. The van der Waals surface area contributed by atoms with Crippen LogP contribution in [0.4, 0.5) is 0 Å². The smallest absolute Gasteiger partial charge is 0.329 e. The van der Waals surface area contributed by atoms with Crippen LogP contribution >= 0.6 is 31.3 Å². The molecule has 0 amide bonds. The zero-order valence-corrected chi connectivity index (χ0v) is 27.0. The summed E-state index contributed by atoms with van der Waals surface area (Å²) in [5.41, 5.74) is 0. The van der Waals surface area contributed by atoms with Gasteiger partial charge in [-0.25, -0.2) is 4.57 Å². The molecule has 218 valence electrons. The molecule has 0 bridgehead atoms. The van der Waals surface area contributed by atoms with Gasteiger partial charge in [0.05, 0.1) is 27.7 Å². The van der Waals surface area contributed by atoms with Crippen molar-refractivity contribution < 1.29 is 23.0 Å². The van der Waals surface area contributed by atoms with E-state index in [1.165, 1.54) is 103 Å². The molecule has 0 rings (SSSR count). The molecule has 0 aliphatic carbocycles. The van der Waals surface area contributed by atoms with E-state index in [4.69, 9.17) is 9.05 Å². The summed E-state index contributed by atoms with van der Waals surface area (Å²) in [7, 11) is 2.11. The molecule has 0 fully saturated rings. The minimum atomic E-state index is -3.97. The van der Waals surface area contributed by atoms with Crippen LogP contribution in [0.1, 0.15) is 117 Å². The van der Waals surface area contributed by atoms with Crippen LogP contribution in [-0.4, -0.2) is 72.8 Å². The van der Waals surface area contributed by atoms with Gasteiger partial charge >= 0.3 is 7.82 Å². The van der Waals surface area contributed by atoms with Gasteiger partial charge in [0.1, 0.15) is 13.2 Å². The van der Waals surface area contributed by atoms with E-state index in [0.717, 1.165) is 17.3 Å².